The first kappa shape index (κ1) is 15.7. The summed E-state index contributed by atoms with van der Waals surface area (Å²) >= 11 is 5.76. The number of carbonyl (C=O) groups is 1. The lowest BCUT2D eigenvalue weighted by atomic mass is 9.96. The number of halogens is 1. The molecule has 1 aromatic rings. The standard InChI is InChI=1S/C14H17ClN2O4/c15-11-5-4-10(13(6-11)17(20)21)8-16-7-9-2-1-3-12(9)14(18)19/h4-6,9,12,16H,1-3,7-8H2,(H,18,19). The molecule has 114 valence electrons. The Bertz CT molecular complexity index is 550. The molecule has 21 heavy (non-hydrogen) atoms. The van der Waals surface area contributed by atoms with Gasteiger partial charge in [0.2, 0.25) is 0 Å². The minimum Gasteiger partial charge on any atom is -0.481 e. The first-order chi connectivity index (χ1) is 9.99. The fourth-order valence-corrected chi connectivity index (χ4v) is 3.02. The lowest BCUT2D eigenvalue weighted by molar-refractivity contribution is -0.385. The molecule has 0 saturated heterocycles. The van der Waals surface area contributed by atoms with Crippen LogP contribution in [0.2, 0.25) is 5.02 Å². The van der Waals surface area contributed by atoms with E-state index in [0.717, 1.165) is 12.8 Å². The third kappa shape index (κ3) is 3.92. The van der Waals surface area contributed by atoms with Gasteiger partial charge in [0.1, 0.15) is 0 Å². The van der Waals surface area contributed by atoms with E-state index in [-0.39, 0.29) is 17.5 Å². The molecule has 0 aromatic heterocycles. The highest BCUT2D eigenvalue weighted by atomic mass is 35.5. The summed E-state index contributed by atoms with van der Waals surface area (Å²) in [6.45, 7) is 0.882. The van der Waals surface area contributed by atoms with Gasteiger partial charge < -0.3 is 10.4 Å². The summed E-state index contributed by atoms with van der Waals surface area (Å²) in [5, 5.41) is 23.6. The van der Waals surface area contributed by atoms with Crippen LogP contribution in [0.4, 0.5) is 5.69 Å². The quantitative estimate of drug-likeness (QED) is 0.622. The Kier molecular flexibility index (Phi) is 5.14. The van der Waals surface area contributed by atoms with E-state index in [9.17, 15) is 14.9 Å². The van der Waals surface area contributed by atoms with Gasteiger partial charge in [0.05, 0.1) is 10.8 Å². The summed E-state index contributed by atoms with van der Waals surface area (Å²) in [4.78, 5) is 21.6. The predicted molar refractivity (Wildman–Crippen MR) is 78.3 cm³/mol. The summed E-state index contributed by atoms with van der Waals surface area (Å²) in [5.41, 5.74) is 0.533. The predicted octanol–water partition coefficient (Wildman–Crippen LogP) is 2.84. The van der Waals surface area contributed by atoms with Gasteiger partial charge >= 0.3 is 5.97 Å². The molecule has 0 heterocycles. The topological polar surface area (TPSA) is 92.5 Å². The van der Waals surface area contributed by atoms with E-state index < -0.39 is 10.9 Å². The number of nitro benzene ring substituents is 1. The van der Waals surface area contributed by atoms with Crippen molar-refractivity contribution >= 4 is 23.3 Å². The molecule has 1 aromatic carbocycles. The van der Waals surface area contributed by atoms with Crippen molar-refractivity contribution in [2.24, 2.45) is 11.8 Å². The van der Waals surface area contributed by atoms with Crippen molar-refractivity contribution in [1.82, 2.24) is 5.32 Å². The largest absolute Gasteiger partial charge is 0.481 e. The molecule has 2 rings (SSSR count). The molecular formula is C14H17ClN2O4. The first-order valence-corrected chi connectivity index (χ1v) is 7.23. The van der Waals surface area contributed by atoms with E-state index in [1.165, 1.54) is 6.07 Å². The van der Waals surface area contributed by atoms with E-state index >= 15 is 0 Å². The summed E-state index contributed by atoms with van der Waals surface area (Å²) in [6.07, 6.45) is 2.51. The van der Waals surface area contributed by atoms with Crippen LogP contribution in [0.15, 0.2) is 18.2 Å². The van der Waals surface area contributed by atoms with E-state index in [1.807, 2.05) is 0 Å². The molecule has 7 heteroatoms. The molecule has 2 unspecified atom stereocenters. The molecule has 6 nitrogen and oxygen atoms in total. The number of aliphatic carboxylic acids is 1. The summed E-state index contributed by atoms with van der Waals surface area (Å²) in [5.74, 6) is -0.969. The van der Waals surface area contributed by atoms with Crippen molar-refractivity contribution in [3.8, 4) is 0 Å². The van der Waals surface area contributed by atoms with Crippen molar-refractivity contribution < 1.29 is 14.8 Å². The van der Waals surface area contributed by atoms with E-state index in [0.29, 0.717) is 30.1 Å². The normalized spacial score (nSPS) is 21.4. The zero-order chi connectivity index (χ0) is 15.4. The van der Waals surface area contributed by atoms with Crippen LogP contribution in [0.1, 0.15) is 24.8 Å². The Morgan fingerprint density at radius 3 is 2.90 bits per heavy atom. The number of benzene rings is 1. The lowest BCUT2D eigenvalue weighted by Crippen LogP contribution is -2.28. The molecular weight excluding hydrogens is 296 g/mol. The number of hydrogen-bond donors (Lipinski definition) is 2. The average Bonchev–Trinajstić information content (AvgIpc) is 2.88. The van der Waals surface area contributed by atoms with Gasteiger partial charge in [-0.15, -0.1) is 0 Å². The van der Waals surface area contributed by atoms with Crippen molar-refractivity contribution in [2.45, 2.75) is 25.8 Å². The van der Waals surface area contributed by atoms with Crippen molar-refractivity contribution in [1.29, 1.82) is 0 Å². The second-order valence-corrected chi connectivity index (χ2v) is 5.73. The van der Waals surface area contributed by atoms with Crippen LogP contribution in [0, 0.1) is 22.0 Å². The minimum absolute atomic E-state index is 0.0174. The second-order valence-electron chi connectivity index (χ2n) is 5.30. The molecule has 1 fully saturated rings. The van der Waals surface area contributed by atoms with Gasteiger partial charge in [0.15, 0.2) is 0 Å². The third-order valence-corrected chi connectivity index (χ3v) is 4.18. The van der Waals surface area contributed by atoms with Crippen LogP contribution in [-0.2, 0) is 11.3 Å². The molecule has 0 spiro atoms. The monoisotopic (exact) mass is 312 g/mol. The highest BCUT2D eigenvalue weighted by Crippen LogP contribution is 2.31. The number of carboxylic acid groups (broad SMARTS) is 1. The maximum Gasteiger partial charge on any atom is 0.306 e. The zero-order valence-electron chi connectivity index (χ0n) is 11.4. The van der Waals surface area contributed by atoms with Crippen LogP contribution in [0.25, 0.3) is 0 Å². The fourth-order valence-electron chi connectivity index (χ4n) is 2.85. The molecule has 2 N–H and O–H groups in total. The summed E-state index contributed by atoms with van der Waals surface area (Å²) in [6, 6.07) is 4.56. The van der Waals surface area contributed by atoms with Gasteiger partial charge in [-0.1, -0.05) is 18.0 Å². The lowest BCUT2D eigenvalue weighted by Gasteiger charge is -2.16. The van der Waals surface area contributed by atoms with E-state index in [4.69, 9.17) is 16.7 Å². The highest BCUT2D eigenvalue weighted by molar-refractivity contribution is 6.30. The molecule has 2 atom stereocenters. The average molecular weight is 313 g/mol. The van der Waals surface area contributed by atoms with Gasteiger partial charge in [-0.2, -0.15) is 0 Å². The number of rotatable bonds is 6. The van der Waals surface area contributed by atoms with Crippen LogP contribution < -0.4 is 5.32 Å². The number of nitrogens with zero attached hydrogens (tertiary/aromatic N) is 1. The Balaban J connectivity index is 1.95. The third-order valence-electron chi connectivity index (χ3n) is 3.94. The Morgan fingerprint density at radius 2 is 2.24 bits per heavy atom. The summed E-state index contributed by atoms with van der Waals surface area (Å²) in [7, 11) is 0. The van der Waals surface area contributed by atoms with Crippen LogP contribution in [0.5, 0.6) is 0 Å². The van der Waals surface area contributed by atoms with Crippen molar-refractivity contribution in [3.63, 3.8) is 0 Å². The zero-order valence-corrected chi connectivity index (χ0v) is 12.2. The minimum atomic E-state index is -0.753. The van der Waals surface area contributed by atoms with Crippen LogP contribution in [-0.4, -0.2) is 22.5 Å². The van der Waals surface area contributed by atoms with Crippen molar-refractivity contribution in [2.75, 3.05) is 6.54 Å². The highest BCUT2D eigenvalue weighted by Gasteiger charge is 2.32. The van der Waals surface area contributed by atoms with Crippen LogP contribution >= 0.6 is 11.6 Å². The van der Waals surface area contributed by atoms with Gasteiger partial charge in [0.25, 0.3) is 5.69 Å². The van der Waals surface area contributed by atoms with E-state index in [1.54, 1.807) is 12.1 Å². The molecule has 1 saturated carbocycles. The second kappa shape index (κ2) is 6.87. The van der Waals surface area contributed by atoms with Crippen molar-refractivity contribution in [3.05, 3.63) is 38.9 Å². The smallest absolute Gasteiger partial charge is 0.306 e. The number of carboxylic acids is 1. The SMILES string of the molecule is O=C(O)C1CCCC1CNCc1ccc(Cl)cc1[N+](=O)[O-]. The number of nitro groups is 1. The molecule has 0 radical (unpaired) electrons. The first-order valence-electron chi connectivity index (χ1n) is 6.85. The van der Waals surface area contributed by atoms with Crippen LogP contribution in [0.3, 0.4) is 0 Å². The van der Waals surface area contributed by atoms with Gasteiger partial charge in [-0.3, -0.25) is 14.9 Å². The molecule has 1 aliphatic rings. The maximum absolute atomic E-state index is 11.1. The van der Waals surface area contributed by atoms with Gasteiger partial charge in [-0.25, -0.2) is 0 Å². The molecule has 0 bridgehead atoms. The maximum atomic E-state index is 11.1. The number of hydrogen-bond acceptors (Lipinski definition) is 4. The van der Waals surface area contributed by atoms with E-state index in [2.05, 4.69) is 5.32 Å². The Labute approximate surface area is 127 Å². The molecule has 0 aliphatic heterocycles. The molecule has 1 aliphatic carbocycles. The Morgan fingerprint density at radius 1 is 1.48 bits per heavy atom. The van der Waals surface area contributed by atoms with Gasteiger partial charge in [-0.05, 0) is 37.4 Å². The molecule has 0 amide bonds. The fraction of sp³-hybridized carbons (Fsp3) is 0.500. The summed E-state index contributed by atoms with van der Waals surface area (Å²) < 4.78 is 0. The Hall–Kier alpha value is -1.66. The number of nitrogens with one attached hydrogen (secondary N) is 1. The van der Waals surface area contributed by atoms with Gasteiger partial charge in [0, 0.05) is 23.2 Å².